The predicted molar refractivity (Wildman–Crippen MR) is 69.3 cm³/mol. The number of nitrogens with zero attached hydrogens (tertiary/aromatic N) is 1. The largest absolute Gasteiger partial charge is 0.490 e. The van der Waals surface area contributed by atoms with E-state index in [0.717, 1.165) is 0 Å². The Balaban J connectivity index is 1.82. The topological polar surface area (TPSA) is 66.8 Å². The van der Waals surface area contributed by atoms with Crippen molar-refractivity contribution in [1.82, 2.24) is 4.90 Å². The van der Waals surface area contributed by atoms with Crippen molar-refractivity contribution >= 4 is 23.5 Å². The summed E-state index contributed by atoms with van der Waals surface area (Å²) in [6.45, 7) is 0.912. The lowest BCUT2D eigenvalue weighted by molar-refractivity contribution is -0.141. The van der Waals surface area contributed by atoms with Gasteiger partial charge in [-0.25, -0.2) is 0 Å². The van der Waals surface area contributed by atoms with E-state index in [9.17, 15) is 9.59 Å². The first-order valence-electron chi connectivity index (χ1n) is 5.96. The lowest BCUT2D eigenvalue weighted by Crippen LogP contribution is -2.30. The first-order valence-corrected chi connectivity index (χ1v) is 6.33. The normalized spacial score (nSPS) is 18.7. The monoisotopic (exact) mass is 283 g/mol. The molecule has 0 radical (unpaired) electrons. The third kappa shape index (κ3) is 3.38. The second-order valence-electron chi connectivity index (χ2n) is 4.36. The Labute approximate surface area is 115 Å². The van der Waals surface area contributed by atoms with Crippen LogP contribution in [0.1, 0.15) is 6.42 Å². The van der Waals surface area contributed by atoms with Gasteiger partial charge in [0, 0.05) is 13.0 Å². The fourth-order valence-electron chi connectivity index (χ4n) is 1.98. The number of hydrogen-bond acceptors (Lipinski definition) is 3. The molecule has 1 heterocycles. The van der Waals surface area contributed by atoms with Gasteiger partial charge in [0.25, 0.3) is 0 Å². The van der Waals surface area contributed by atoms with Crippen LogP contribution in [0.3, 0.4) is 0 Å². The van der Waals surface area contributed by atoms with E-state index in [0.29, 0.717) is 23.9 Å². The lowest BCUT2D eigenvalue weighted by atomic mass is 10.1. The number of rotatable bonds is 5. The molecule has 1 atom stereocenters. The summed E-state index contributed by atoms with van der Waals surface area (Å²) in [5.41, 5.74) is 0. The average Bonchev–Trinajstić information content (AvgIpc) is 2.74. The number of para-hydroxylation sites is 1. The van der Waals surface area contributed by atoms with E-state index in [4.69, 9.17) is 21.4 Å². The van der Waals surface area contributed by atoms with Crippen LogP contribution >= 0.6 is 11.6 Å². The van der Waals surface area contributed by atoms with Gasteiger partial charge in [-0.3, -0.25) is 9.59 Å². The first-order chi connectivity index (χ1) is 9.08. The zero-order valence-electron chi connectivity index (χ0n) is 10.2. The molecule has 6 heteroatoms. The highest BCUT2D eigenvalue weighted by Gasteiger charge is 2.33. The predicted octanol–water partition coefficient (Wildman–Crippen LogP) is 1.65. The Morgan fingerprint density at radius 1 is 1.47 bits per heavy atom. The summed E-state index contributed by atoms with van der Waals surface area (Å²) in [5, 5.41) is 9.37. The van der Waals surface area contributed by atoms with Gasteiger partial charge >= 0.3 is 5.97 Å². The SMILES string of the molecule is O=C(O)C1CC(=O)N(CCOc2ccccc2Cl)C1. The molecule has 1 saturated heterocycles. The van der Waals surface area contributed by atoms with Gasteiger partial charge in [0.1, 0.15) is 12.4 Å². The van der Waals surface area contributed by atoms with Crippen LogP contribution in [0.4, 0.5) is 0 Å². The number of hydrogen-bond donors (Lipinski definition) is 1. The van der Waals surface area contributed by atoms with Crippen LogP contribution in [0.15, 0.2) is 24.3 Å². The number of carbonyl (C=O) groups excluding carboxylic acids is 1. The quantitative estimate of drug-likeness (QED) is 0.892. The summed E-state index contributed by atoms with van der Waals surface area (Å²) < 4.78 is 5.47. The Morgan fingerprint density at radius 3 is 2.84 bits per heavy atom. The molecular formula is C13H14ClNO4. The minimum Gasteiger partial charge on any atom is -0.490 e. The van der Waals surface area contributed by atoms with E-state index in [1.165, 1.54) is 4.90 Å². The maximum absolute atomic E-state index is 11.6. The molecule has 19 heavy (non-hydrogen) atoms. The number of carboxylic acid groups (broad SMARTS) is 1. The van der Waals surface area contributed by atoms with Crippen molar-refractivity contribution in [3.05, 3.63) is 29.3 Å². The molecule has 1 N–H and O–H groups in total. The van der Waals surface area contributed by atoms with Crippen LogP contribution in [0, 0.1) is 5.92 Å². The highest BCUT2D eigenvalue weighted by molar-refractivity contribution is 6.32. The average molecular weight is 284 g/mol. The van der Waals surface area contributed by atoms with Crippen molar-refractivity contribution < 1.29 is 19.4 Å². The third-order valence-electron chi connectivity index (χ3n) is 3.02. The molecule has 1 aromatic rings. The molecule has 5 nitrogen and oxygen atoms in total. The van der Waals surface area contributed by atoms with Crippen molar-refractivity contribution in [1.29, 1.82) is 0 Å². The Morgan fingerprint density at radius 2 is 2.21 bits per heavy atom. The van der Waals surface area contributed by atoms with Gasteiger partial charge in [0.2, 0.25) is 5.91 Å². The molecule has 1 fully saturated rings. The second kappa shape index (κ2) is 5.93. The van der Waals surface area contributed by atoms with Crippen molar-refractivity contribution in [2.45, 2.75) is 6.42 Å². The van der Waals surface area contributed by atoms with E-state index >= 15 is 0 Å². The smallest absolute Gasteiger partial charge is 0.308 e. The summed E-state index contributed by atoms with van der Waals surface area (Å²) in [5.74, 6) is -1.11. The van der Waals surface area contributed by atoms with Crippen molar-refractivity contribution in [3.8, 4) is 5.75 Å². The van der Waals surface area contributed by atoms with Gasteiger partial charge in [-0.1, -0.05) is 23.7 Å². The van der Waals surface area contributed by atoms with Gasteiger partial charge in [-0.15, -0.1) is 0 Å². The summed E-state index contributed by atoms with van der Waals surface area (Å²) in [6.07, 6.45) is 0.0709. The number of halogens is 1. The third-order valence-corrected chi connectivity index (χ3v) is 3.33. The zero-order chi connectivity index (χ0) is 13.8. The van der Waals surface area contributed by atoms with Crippen molar-refractivity contribution in [2.24, 2.45) is 5.92 Å². The Bertz CT molecular complexity index is 491. The maximum atomic E-state index is 11.6. The van der Waals surface area contributed by atoms with Crippen molar-refractivity contribution in [2.75, 3.05) is 19.7 Å². The van der Waals surface area contributed by atoms with E-state index < -0.39 is 11.9 Å². The summed E-state index contributed by atoms with van der Waals surface area (Å²) in [7, 11) is 0. The van der Waals surface area contributed by atoms with Crippen LogP contribution in [-0.2, 0) is 9.59 Å². The lowest BCUT2D eigenvalue weighted by Gasteiger charge is -2.16. The van der Waals surface area contributed by atoms with E-state index in [1.54, 1.807) is 18.2 Å². The minimum absolute atomic E-state index is 0.0709. The van der Waals surface area contributed by atoms with E-state index in [2.05, 4.69) is 0 Å². The molecule has 102 valence electrons. The summed E-state index contributed by atoms with van der Waals surface area (Å²) in [4.78, 5) is 23.9. The molecule has 2 rings (SSSR count). The number of aliphatic carboxylic acids is 1. The zero-order valence-corrected chi connectivity index (χ0v) is 11.0. The van der Waals surface area contributed by atoms with Crippen molar-refractivity contribution in [3.63, 3.8) is 0 Å². The molecular weight excluding hydrogens is 270 g/mol. The van der Waals surface area contributed by atoms with E-state index in [1.807, 2.05) is 6.07 Å². The number of carbonyl (C=O) groups is 2. The molecule has 1 amide bonds. The number of carboxylic acids is 1. The van der Waals surface area contributed by atoms with Crippen LogP contribution in [-0.4, -0.2) is 41.6 Å². The number of benzene rings is 1. The highest BCUT2D eigenvalue weighted by Crippen LogP contribution is 2.23. The molecule has 1 aromatic carbocycles. The Hall–Kier alpha value is -1.75. The van der Waals surface area contributed by atoms with Gasteiger partial charge in [0.15, 0.2) is 0 Å². The van der Waals surface area contributed by atoms with E-state index in [-0.39, 0.29) is 18.9 Å². The standard InChI is InChI=1S/C13H14ClNO4/c14-10-3-1-2-4-11(10)19-6-5-15-8-9(13(17)18)7-12(15)16/h1-4,9H,5-8H2,(H,17,18). The fourth-order valence-corrected chi connectivity index (χ4v) is 2.17. The van der Waals surface area contributed by atoms with Gasteiger partial charge in [-0.2, -0.15) is 0 Å². The second-order valence-corrected chi connectivity index (χ2v) is 4.77. The van der Waals surface area contributed by atoms with Gasteiger partial charge < -0.3 is 14.7 Å². The van der Waals surface area contributed by atoms with Crippen LogP contribution in [0.5, 0.6) is 5.75 Å². The molecule has 0 bridgehead atoms. The minimum atomic E-state index is -0.928. The molecule has 1 unspecified atom stereocenters. The highest BCUT2D eigenvalue weighted by atomic mass is 35.5. The summed E-state index contributed by atoms with van der Waals surface area (Å²) in [6, 6.07) is 7.08. The van der Waals surface area contributed by atoms with Crippen LogP contribution < -0.4 is 4.74 Å². The molecule has 0 aliphatic carbocycles. The summed E-state index contributed by atoms with van der Waals surface area (Å²) >= 11 is 5.93. The fraction of sp³-hybridized carbons (Fsp3) is 0.385. The van der Waals surface area contributed by atoms with Crippen LogP contribution in [0.25, 0.3) is 0 Å². The van der Waals surface area contributed by atoms with Gasteiger partial charge in [-0.05, 0) is 12.1 Å². The molecule has 0 aromatic heterocycles. The maximum Gasteiger partial charge on any atom is 0.308 e. The Kier molecular flexibility index (Phi) is 4.27. The molecule has 1 aliphatic heterocycles. The number of ether oxygens (including phenoxy) is 1. The molecule has 0 saturated carbocycles. The number of likely N-dealkylation sites (tertiary alicyclic amines) is 1. The first kappa shape index (κ1) is 13.7. The molecule has 1 aliphatic rings. The molecule has 0 spiro atoms. The number of amides is 1. The van der Waals surface area contributed by atoms with Gasteiger partial charge in [0.05, 0.1) is 17.5 Å². The van der Waals surface area contributed by atoms with Crippen LogP contribution in [0.2, 0.25) is 5.02 Å².